The predicted molar refractivity (Wildman–Crippen MR) is 55.3 cm³/mol. The molecular formula is C10H13N3O4. The van der Waals surface area contributed by atoms with Crippen molar-refractivity contribution in [1.29, 1.82) is 0 Å². The second kappa shape index (κ2) is 4.15. The van der Waals surface area contributed by atoms with Gasteiger partial charge in [0.15, 0.2) is 0 Å². The molecule has 2 rings (SSSR count). The van der Waals surface area contributed by atoms with Crippen LogP contribution < -0.4 is 5.32 Å². The summed E-state index contributed by atoms with van der Waals surface area (Å²) in [4.78, 5) is 26.3. The van der Waals surface area contributed by atoms with E-state index in [2.05, 4.69) is 15.5 Å². The van der Waals surface area contributed by atoms with Gasteiger partial charge in [-0.1, -0.05) is 5.16 Å². The average Bonchev–Trinajstić information content (AvgIpc) is 2.60. The van der Waals surface area contributed by atoms with Crippen molar-refractivity contribution >= 4 is 11.9 Å². The summed E-state index contributed by atoms with van der Waals surface area (Å²) in [6.07, 6.45) is 2.18. The molecular weight excluding hydrogens is 226 g/mol. The quantitative estimate of drug-likeness (QED) is 0.792. The standard InChI is InChI=1S/C10H13N3O4/c1-6-11-8(13-17-6)9(16)12-10(3-2-4-10)5-7(14)15/h2-5H2,1H3,(H,12,16)(H,14,15). The first-order valence-electron chi connectivity index (χ1n) is 5.35. The molecule has 0 aromatic carbocycles. The van der Waals surface area contributed by atoms with E-state index >= 15 is 0 Å². The third-order valence-electron chi connectivity index (χ3n) is 2.91. The number of nitrogens with one attached hydrogen (secondary N) is 1. The minimum Gasteiger partial charge on any atom is -0.481 e. The zero-order valence-electron chi connectivity index (χ0n) is 9.39. The van der Waals surface area contributed by atoms with E-state index in [4.69, 9.17) is 9.63 Å². The van der Waals surface area contributed by atoms with Crippen LogP contribution in [0.25, 0.3) is 0 Å². The number of carbonyl (C=O) groups is 2. The average molecular weight is 239 g/mol. The Hall–Kier alpha value is -1.92. The second-order valence-electron chi connectivity index (χ2n) is 4.30. The number of aliphatic carboxylic acids is 1. The maximum absolute atomic E-state index is 11.8. The van der Waals surface area contributed by atoms with E-state index in [-0.39, 0.29) is 12.2 Å². The molecule has 1 aromatic rings. The monoisotopic (exact) mass is 239 g/mol. The molecule has 0 unspecified atom stereocenters. The van der Waals surface area contributed by atoms with Gasteiger partial charge in [0, 0.05) is 6.92 Å². The number of amides is 1. The van der Waals surface area contributed by atoms with Crippen LogP contribution in [0.15, 0.2) is 4.52 Å². The molecule has 0 saturated heterocycles. The van der Waals surface area contributed by atoms with E-state index in [1.807, 2.05) is 0 Å². The van der Waals surface area contributed by atoms with Crippen LogP contribution in [0.5, 0.6) is 0 Å². The van der Waals surface area contributed by atoms with Crippen molar-refractivity contribution in [2.24, 2.45) is 0 Å². The van der Waals surface area contributed by atoms with Gasteiger partial charge < -0.3 is 14.9 Å². The van der Waals surface area contributed by atoms with Gasteiger partial charge in [0.05, 0.1) is 12.0 Å². The molecule has 7 nitrogen and oxygen atoms in total. The van der Waals surface area contributed by atoms with Crippen molar-refractivity contribution in [3.63, 3.8) is 0 Å². The fourth-order valence-electron chi connectivity index (χ4n) is 1.93. The van der Waals surface area contributed by atoms with Crippen molar-refractivity contribution in [3.05, 3.63) is 11.7 Å². The minimum absolute atomic E-state index is 0.0563. The highest BCUT2D eigenvalue weighted by Crippen LogP contribution is 2.35. The fourth-order valence-corrected chi connectivity index (χ4v) is 1.93. The van der Waals surface area contributed by atoms with Crippen LogP contribution in [0.4, 0.5) is 0 Å². The van der Waals surface area contributed by atoms with E-state index in [0.29, 0.717) is 18.7 Å². The topological polar surface area (TPSA) is 105 Å². The summed E-state index contributed by atoms with van der Waals surface area (Å²) in [5.74, 6) is -1.16. The molecule has 0 bridgehead atoms. The Bertz CT molecular complexity index is 450. The molecule has 1 saturated carbocycles. The van der Waals surface area contributed by atoms with Crippen LogP contribution in [-0.2, 0) is 4.79 Å². The lowest BCUT2D eigenvalue weighted by atomic mass is 9.74. The zero-order valence-corrected chi connectivity index (χ0v) is 9.39. The van der Waals surface area contributed by atoms with E-state index < -0.39 is 17.4 Å². The summed E-state index contributed by atoms with van der Waals surface area (Å²) in [6.45, 7) is 1.58. The summed E-state index contributed by atoms with van der Waals surface area (Å²) in [5, 5.41) is 15.0. The Balaban J connectivity index is 2.04. The van der Waals surface area contributed by atoms with Gasteiger partial charge in [-0.05, 0) is 19.3 Å². The smallest absolute Gasteiger partial charge is 0.305 e. The number of hydrogen-bond donors (Lipinski definition) is 2. The van der Waals surface area contributed by atoms with Crippen molar-refractivity contribution in [3.8, 4) is 0 Å². The van der Waals surface area contributed by atoms with Crippen LogP contribution >= 0.6 is 0 Å². The fraction of sp³-hybridized carbons (Fsp3) is 0.600. The van der Waals surface area contributed by atoms with Gasteiger partial charge in [-0.15, -0.1) is 0 Å². The van der Waals surface area contributed by atoms with Crippen molar-refractivity contribution < 1.29 is 19.2 Å². The molecule has 1 aliphatic rings. The summed E-state index contributed by atoms with van der Waals surface area (Å²) >= 11 is 0. The first-order valence-corrected chi connectivity index (χ1v) is 5.35. The molecule has 17 heavy (non-hydrogen) atoms. The van der Waals surface area contributed by atoms with Gasteiger partial charge >= 0.3 is 5.97 Å². The highest BCUT2D eigenvalue weighted by molar-refractivity contribution is 5.91. The van der Waals surface area contributed by atoms with Crippen molar-refractivity contribution in [2.45, 2.75) is 38.1 Å². The lowest BCUT2D eigenvalue weighted by Gasteiger charge is -2.41. The van der Waals surface area contributed by atoms with Gasteiger partial charge in [0.25, 0.3) is 11.7 Å². The van der Waals surface area contributed by atoms with Crippen molar-refractivity contribution in [2.75, 3.05) is 0 Å². The summed E-state index contributed by atoms with van der Waals surface area (Å²) < 4.78 is 4.69. The van der Waals surface area contributed by atoms with Gasteiger partial charge in [-0.25, -0.2) is 0 Å². The predicted octanol–water partition coefficient (Wildman–Crippen LogP) is 0.505. The first kappa shape index (κ1) is 11.6. The number of carbonyl (C=O) groups excluding carboxylic acids is 1. The summed E-state index contributed by atoms with van der Waals surface area (Å²) in [6, 6.07) is 0. The number of aromatic nitrogens is 2. The first-order chi connectivity index (χ1) is 8.01. The van der Waals surface area contributed by atoms with E-state index in [0.717, 1.165) is 6.42 Å². The Kier molecular flexibility index (Phi) is 2.83. The maximum Gasteiger partial charge on any atom is 0.305 e. The molecule has 1 amide bonds. The SMILES string of the molecule is Cc1nc(C(=O)NC2(CC(=O)O)CCC2)no1. The molecule has 1 heterocycles. The third-order valence-corrected chi connectivity index (χ3v) is 2.91. The highest BCUT2D eigenvalue weighted by Gasteiger charge is 2.41. The van der Waals surface area contributed by atoms with E-state index in [1.165, 1.54) is 0 Å². The Morgan fingerprint density at radius 1 is 1.53 bits per heavy atom. The number of rotatable bonds is 4. The van der Waals surface area contributed by atoms with Crippen LogP contribution in [0.1, 0.15) is 42.2 Å². The molecule has 7 heteroatoms. The molecule has 92 valence electrons. The van der Waals surface area contributed by atoms with E-state index in [1.54, 1.807) is 6.92 Å². The van der Waals surface area contributed by atoms with Crippen LogP contribution in [0.2, 0.25) is 0 Å². The maximum atomic E-state index is 11.8. The summed E-state index contributed by atoms with van der Waals surface area (Å²) in [5.41, 5.74) is -0.641. The number of carboxylic acid groups (broad SMARTS) is 1. The Labute approximate surface area is 97.2 Å². The highest BCUT2D eigenvalue weighted by atomic mass is 16.5. The molecule has 1 aromatic heterocycles. The molecule has 1 fully saturated rings. The van der Waals surface area contributed by atoms with Gasteiger partial charge in [-0.3, -0.25) is 9.59 Å². The Morgan fingerprint density at radius 2 is 2.24 bits per heavy atom. The largest absolute Gasteiger partial charge is 0.481 e. The second-order valence-corrected chi connectivity index (χ2v) is 4.30. The number of hydrogen-bond acceptors (Lipinski definition) is 5. The van der Waals surface area contributed by atoms with Crippen molar-refractivity contribution in [1.82, 2.24) is 15.5 Å². The number of aryl methyl sites for hydroxylation is 1. The van der Waals surface area contributed by atoms with E-state index in [9.17, 15) is 9.59 Å². The van der Waals surface area contributed by atoms with Gasteiger partial charge in [0.1, 0.15) is 0 Å². The number of carboxylic acids is 1. The minimum atomic E-state index is -0.922. The molecule has 0 aliphatic heterocycles. The lowest BCUT2D eigenvalue weighted by molar-refractivity contribution is -0.139. The molecule has 2 N–H and O–H groups in total. The normalized spacial score (nSPS) is 17.2. The summed E-state index contributed by atoms with van der Waals surface area (Å²) in [7, 11) is 0. The van der Waals surface area contributed by atoms with Crippen LogP contribution in [0, 0.1) is 6.92 Å². The van der Waals surface area contributed by atoms with Crippen LogP contribution in [-0.4, -0.2) is 32.7 Å². The van der Waals surface area contributed by atoms with Gasteiger partial charge in [0.2, 0.25) is 5.89 Å². The Morgan fingerprint density at radius 3 is 2.65 bits per heavy atom. The molecule has 0 spiro atoms. The molecule has 1 aliphatic carbocycles. The van der Waals surface area contributed by atoms with Crippen LogP contribution in [0.3, 0.4) is 0 Å². The molecule has 0 radical (unpaired) electrons. The molecule has 0 atom stereocenters. The lowest BCUT2D eigenvalue weighted by Crippen LogP contribution is -2.54. The van der Waals surface area contributed by atoms with Gasteiger partial charge in [-0.2, -0.15) is 4.98 Å². The number of nitrogens with zero attached hydrogens (tertiary/aromatic N) is 2. The zero-order chi connectivity index (χ0) is 12.5. The third kappa shape index (κ3) is 2.43.